The molecule has 94 valence electrons. The third-order valence-electron chi connectivity index (χ3n) is 3.21. The van der Waals surface area contributed by atoms with Gasteiger partial charge in [-0.3, -0.25) is 4.98 Å². The third-order valence-corrected chi connectivity index (χ3v) is 3.50. The maximum atomic E-state index is 13.4. The zero-order valence-electron chi connectivity index (χ0n) is 10.1. The van der Waals surface area contributed by atoms with Gasteiger partial charge in [0.05, 0.1) is 10.5 Å². The van der Waals surface area contributed by atoms with Gasteiger partial charge in [-0.05, 0) is 38.0 Å². The Labute approximate surface area is 110 Å². The summed E-state index contributed by atoms with van der Waals surface area (Å²) in [6.07, 6.45) is 2.37. The van der Waals surface area contributed by atoms with E-state index in [1.54, 1.807) is 0 Å². The number of nitrogens with one attached hydrogen (secondary N) is 1. The molecule has 1 aliphatic rings. The smallest absolute Gasteiger partial charge is 0.125 e. The van der Waals surface area contributed by atoms with E-state index in [0.717, 1.165) is 23.3 Å². The molecule has 3 rings (SSSR count). The molecule has 0 aliphatic heterocycles. The minimum absolute atomic E-state index is 0.326. The lowest BCUT2D eigenvalue weighted by Crippen LogP contribution is -2.01. The van der Waals surface area contributed by atoms with Crippen molar-refractivity contribution >= 4 is 28.2 Å². The van der Waals surface area contributed by atoms with E-state index in [-0.39, 0.29) is 5.82 Å². The Bertz CT molecular complexity index is 608. The van der Waals surface area contributed by atoms with Crippen LogP contribution in [0.4, 0.5) is 10.1 Å². The number of aromatic nitrogens is 1. The largest absolute Gasteiger partial charge is 0.385 e. The van der Waals surface area contributed by atoms with Crippen molar-refractivity contribution in [2.24, 2.45) is 0 Å². The van der Waals surface area contributed by atoms with Crippen LogP contribution < -0.4 is 5.32 Å². The Hall–Kier alpha value is -1.35. The highest BCUT2D eigenvalue weighted by Gasteiger charge is 2.26. The maximum Gasteiger partial charge on any atom is 0.125 e. The predicted molar refractivity (Wildman–Crippen MR) is 72.8 cm³/mol. The van der Waals surface area contributed by atoms with Crippen molar-refractivity contribution in [2.45, 2.75) is 25.7 Å². The summed E-state index contributed by atoms with van der Waals surface area (Å²) in [6.45, 7) is 2.81. The first-order valence-electron chi connectivity index (χ1n) is 6.22. The SMILES string of the molecule is CCNc1cc(C2CC2)nc2c(Cl)cc(F)cc12. The minimum atomic E-state index is -0.326. The van der Waals surface area contributed by atoms with Crippen molar-refractivity contribution in [1.82, 2.24) is 4.98 Å². The minimum Gasteiger partial charge on any atom is -0.385 e. The molecule has 1 N–H and O–H groups in total. The average molecular weight is 265 g/mol. The van der Waals surface area contributed by atoms with Gasteiger partial charge in [-0.2, -0.15) is 0 Å². The van der Waals surface area contributed by atoms with Gasteiger partial charge in [0.15, 0.2) is 0 Å². The molecule has 1 saturated carbocycles. The molecule has 0 amide bonds. The number of hydrogen-bond acceptors (Lipinski definition) is 2. The predicted octanol–water partition coefficient (Wildman–Crippen LogP) is 4.34. The van der Waals surface area contributed by atoms with Gasteiger partial charge in [0.2, 0.25) is 0 Å². The Morgan fingerprint density at radius 1 is 1.39 bits per heavy atom. The number of pyridine rings is 1. The maximum absolute atomic E-state index is 13.4. The summed E-state index contributed by atoms with van der Waals surface area (Å²) in [7, 11) is 0. The number of fused-ring (bicyclic) bond motifs is 1. The molecule has 0 saturated heterocycles. The molecule has 1 aromatic carbocycles. The fraction of sp³-hybridized carbons (Fsp3) is 0.357. The van der Waals surface area contributed by atoms with Crippen LogP contribution in [0.15, 0.2) is 18.2 Å². The van der Waals surface area contributed by atoms with E-state index in [1.165, 1.54) is 25.0 Å². The molecule has 18 heavy (non-hydrogen) atoms. The summed E-state index contributed by atoms with van der Waals surface area (Å²) in [5.74, 6) is 0.223. The number of benzene rings is 1. The summed E-state index contributed by atoms with van der Waals surface area (Å²) in [5.41, 5.74) is 2.68. The van der Waals surface area contributed by atoms with E-state index in [0.29, 0.717) is 16.5 Å². The van der Waals surface area contributed by atoms with Crippen LogP contribution in [-0.4, -0.2) is 11.5 Å². The first-order valence-corrected chi connectivity index (χ1v) is 6.60. The number of nitrogens with zero attached hydrogens (tertiary/aromatic N) is 1. The molecule has 0 atom stereocenters. The molecule has 2 aromatic rings. The van der Waals surface area contributed by atoms with Gasteiger partial charge in [0.1, 0.15) is 5.82 Å². The van der Waals surface area contributed by atoms with Crippen LogP contribution >= 0.6 is 11.6 Å². The molecule has 0 unspecified atom stereocenters. The zero-order chi connectivity index (χ0) is 12.7. The quantitative estimate of drug-likeness (QED) is 0.892. The van der Waals surface area contributed by atoms with Gasteiger partial charge >= 0.3 is 0 Å². The van der Waals surface area contributed by atoms with Gasteiger partial charge < -0.3 is 5.32 Å². The molecule has 1 aromatic heterocycles. The molecule has 1 aliphatic carbocycles. The highest BCUT2D eigenvalue weighted by Crippen LogP contribution is 2.42. The van der Waals surface area contributed by atoms with Crippen molar-refractivity contribution in [3.8, 4) is 0 Å². The Balaban J connectivity index is 2.26. The van der Waals surface area contributed by atoms with Crippen LogP contribution in [0, 0.1) is 5.82 Å². The van der Waals surface area contributed by atoms with Crippen LogP contribution in [0.5, 0.6) is 0 Å². The van der Waals surface area contributed by atoms with Gasteiger partial charge in [0.25, 0.3) is 0 Å². The first-order chi connectivity index (χ1) is 8.69. The second-order valence-corrected chi connectivity index (χ2v) is 5.09. The number of anilines is 1. The van der Waals surface area contributed by atoms with E-state index >= 15 is 0 Å². The van der Waals surface area contributed by atoms with E-state index in [9.17, 15) is 4.39 Å². The second-order valence-electron chi connectivity index (χ2n) is 4.68. The lowest BCUT2D eigenvalue weighted by Gasteiger charge is -2.11. The van der Waals surface area contributed by atoms with Crippen molar-refractivity contribution in [2.75, 3.05) is 11.9 Å². The summed E-state index contributed by atoms with van der Waals surface area (Å²) in [4.78, 5) is 4.58. The Morgan fingerprint density at radius 3 is 2.83 bits per heavy atom. The highest BCUT2D eigenvalue weighted by molar-refractivity contribution is 6.35. The number of halogens is 2. The van der Waals surface area contributed by atoms with Crippen molar-refractivity contribution < 1.29 is 4.39 Å². The van der Waals surface area contributed by atoms with Gasteiger partial charge in [-0.15, -0.1) is 0 Å². The van der Waals surface area contributed by atoms with Gasteiger partial charge in [0, 0.05) is 29.2 Å². The molecule has 4 heteroatoms. The van der Waals surface area contributed by atoms with Crippen molar-refractivity contribution in [3.63, 3.8) is 0 Å². The number of rotatable bonds is 3. The Kier molecular flexibility index (Phi) is 2.86. The molecule has 0 bridgehead atoms. The van der Waals surface area contributed by atoms with E-state index < -0.39 is 0 Å². The van der Waals surface area contributed by atoms with Crippen molar-refractivity contribution in [1.29, 1.82) is 0 Å². The highest BCUT2D eigenvalue weighted by atomic mass is 35.5. The summed E-state index contributed by atoms with van der Waals surface area (Å²) in [5, 5.41) is 4.40. The normalized spacial score (nSPS) is 15.1. The van der Waals surface area contributed by atoms with Crippen molar-refractivity contribution in [3.05, 3.63) is 34.7 Å². The Morgan fingerprint density at radius 2 is 2.17 bits per heavy atom. The standard InChI is InChI=1S/C14H14ClFN2/c1-2-17-13-7-12(8-3-4-8)18-14-10(13)5-9(16)6-11(14)15/h5-8H,2-4H2,1H3,(H,17,18). The molecule has 1 fully saturated rings. The number of hydrogen-bond donors (Lipinski definition) is 1. The molecule has 2 nitrogen and oxygen atoms in total. The fourth-order valence-electron chi connectivity index (χ4n) is 2.20. The topological polar surface area (TPSA) is 24.9 Å². The first kappa shape index (κ1) is 11.7. The average Bonchev–Trinajstić information content (AvgIpc) is 3.14. The fourth-order valence-corrected chi connectivity index (χ4v) is 2.45. The van der Waals surface area contributed by atoms with Gasteiger partial charge in [-0.1, -0.05) is 11.6 Å². The third kappa shape index (κ3) is 2.03. The molecule has 1 heterocycles. The van der Waals surface area contributed by atoms with E-state index in [1.807, 2.05) is 13.0 Å². The van der Waals surface area contributed by atoms with Crippen LogP contribution in [0.1, 0.15) is 31.4 Å². The second kappa shape index (κ2) is 4.39. The molecule has 0 spiro atoms. The molecular weight excluding hydrogens is 251 g/mol. The molecule has 0 radical (unpaired) electrons. The molecular formula is C14H14ClFN2. The summed E-state index contributed by atoms with van der Waals surface area (Å²) in [6, 6.07) is 4.84. The van der Waals surface area contributed by atoms with Crippen LogP contribution in [-0.2, 0) is 0 Å². The van der Waals surface area contributed by atoms with E-state index in [4.69, 9.17) is 11.6 Å². The van der Waals surface area contributed by atoms with E-state index in [2.05, 4.69) is 10.3 Å². The van der Waals surface area contributed by atoms with Crippen LogP contribution in [0.2, 0.25) is 5.02 Å². The summed E-state index contributed by atoms with van der Waals surface area (Å²) < 4.78 is 13.4. The van der Waals surface area contributed by atoms with Crippen LogP contribution in [0.3, 0.4) is 0 Å². The van der Waals surface area contributed by atoms with Crippen LogP contribution in [0.25, 0.3) is 10.9 Å². The lowest BCUT2D eigenvalue weighted by molar-refractivity contribution is 0.629. The summed E-state index contributed by atoms with van der Waals surface area (Å²) >= 11 is 6.10. The lowest BCUT2D eigenvalue weighted by atomic mass is 10.1. The zero-order valence-corrected chi connectivity index (χ0v) is 10.9. The monoisotopic (exact) mass is 264 g/mol. The van der Waals surface area contributed by atoms with Gasteiger partial charge in [-0.25, -0.2) is 4.39 Å².